The van der Waals surface area contributed by atoms with E-state index in [2.05, 4.69) is 20.9 Å². The maximum atomic E-state index is 14.8. The van der Waals surface area contributed by atoms with Crippen LogP contribution < -0.4 is 21.5 Å². The zero-order valence-electron chi connectivity index (χ0n) is 21.6. The number of hydrogen-bond donors (Lipinski definition) is 3. The van der Waals surface area contributed by atoms with Gasteiger partial charge in [-0.3, -0.25) is 4.79 Å². The Bertz CT molecular complexity index is 1710. The first-order chi connectivity index (χ1) is 19.3. The number of nitrogens with zero attached hydrogens (tertiary/aromatic N) is 2. The smallest absolute Gasteiger partial charge is 0.323 e. The van der Waals surface area contributed by atoms with Crippen LogP contribution in [0, 0.1) is 5.82 Å². The van der Waals surface area contributed by atoms with Crippen LogP contribution in [0.15, 0.2) is 90.1 Å². The van der Waals surface area contributed by atoms with Crippen molar-refractivity contribution in [2.24, 2.45) is 0 Å². The number of aromatic nitrogens is 2. The van der Waals surface area contributed by atoms with Gasteiger partial charge in [-0.2, -0.15) is 0 Å². The van der Waals surface area contributed by atoms with Gasteiger partial charge in [0.15, 0.2) is 0 Å². The number of anilines is 3. The summed E-state index contributed by atoms with van der Waals surface area (Å²) in [6, 6.07) is 13.8. The Morgan fingerprint density at radius 2 is 1.93 bits per heavy atom. The first-order valence-corrected chi connectivity index (χ1v) is 12.7. The Labute approximate surface area is 233 Å². The summed E-state index contributed by atoms with van der Waals surface area (Å²) in [5, 5.41) is 8.88. The lowest BCUT2D eigenvalue weighted by molar-refractivity contribution is -0.132. The fourth-order valence-electron chi connectivity index (χ4n) is 4.33. The molecule has 0 aliphatic carbocycles. The molecular formula is C29H25ClFN5O4. The number of methoxy groups -OCH3 is 1. The third-order valence-electron chi connectivity index (χ3n) is 6.28. The summed E-state index contributed by atoms with van der Waals surface area (Å²) in [5.41, 5.74) is 1.15. The van der Waals surface area contributed by atoms with Gasteiger partial charge in [-0.05, 0) is 43.3 Å². The summed E-state index contributed by atoms with van der Waals surface area (Å²) in [7, 11) is 1.49. The van der Waals surface area contributed by atoms with Gasteiger partial charge >= 0.3 is 11.9 Å². The number of halogens is 2. The molecule has 4 aromatic rings. The third-order valence-corrected chi connectivity index (χ3v) is 6.59. The van der Waals surface area contributed by atoms with E-state index in [1.807, 2.05) is 13.0 Å². The lowest BCUT2D eigenvalue weighted by atomic mass is 10.0. The van der Waals surface area contributed by atoms with Crippen LogP contribution in [0.4, 0.5) is 26.4 Å². The van der Waals surface area contributed by atoms with E-state index >= 15 is 0 Å². The molecule has 0 bridgehead atoms. The molecule has 40 heavy (non-hydrogen) atoms. The topological polar surface area (TPSA) is 107 Å². The number of aryl methyl sites for hydroxylation is 1. The van der Waals surface area contributed by atoms with Gasteiger partial charge in [0.2, 0.25) is 0 Å². The van der Waals surface area contributed by atoms with E-state index < -0.39 is 17.8 Å². The molecule has 2 aromatic carbocycles. The minimum Gasteiger partial charge on any atom is -0.449 e. The number of allylic oxidation sites excluding steroid dienone is 2. The van der Waals surface area contributed by atoms with Gasteiger partial charge in [-0.25, -0.2) is 14.2 Å². The number of carbonyl (C=O) groups is 1. The molecule has 2 aromatic heterocycles. The number of pyridine rings is 2. The number of fused-ring (bicyclic) bond motifs is 1. The summed E-state index contributed by atoms with van der Waals surface area (Å²) < 4.78 is 27.4. The van der Waals surface area contributed by atoms with Crippen molar-refractivity contribution in [2.75, 3.05) is 23.1 Å². The van der Waals surface area contributed by atoms with Crippen LogP contribution in [0.2, 0.25) is 5.02 Å². The Morgan fingerprint density at radius 1 is 1.12 bits per heavy atom. The molecule has 1 atom stereocenters. The number of benzene rings is 2. The van der Waals surface area contributed by atoms with Crippen molar-refractivity contribution in [3.8, 4) is 11.1 Å². The highest BCUT2D eigenvalue weighted by Gasteiger charge is 2.29. The Hall–Kier alpha value is -4.67. The summed E-state index contributed by atoms with van der Waals surface area (Å²) in [6.07, 6.45) is 8.28. The minimum absolute atomic E-state index is 0.0215. The van der Waals surface area contributed by atoms with Gasteiger partial charge in [0.1, 0.15) is 11.6 Å². The van der Waals surface area contributed by atoms with Crippen molar-refractivity contribution in [3.63, 3.8) is 0 Å². The fourth-order valence-corrected chi connectivity index (χ4v) is 4.58. The quantitative estimate of drug-likeness (QED) is 0.228. The number of nitrogens with one attached hydrogen (secondary N) is 3. The number of carbonyl (C=O) groups excluding carboxylic acids is 1. The molecule has 3 N–H and O–H groups in total. The number of hydrogen-bond acceptors (Lipinski definition) is 6. The Morgan fingerprint density at radius 3 is 2.62 bits per heavy atom. The maximum absolute atomic E-state index is 14.8. The second kappa shape index (κ2) is 11.2. The second-order valence-corrected chi connectivity index (χ2v) is 9.20. The summed E-state index contributed by atoms with van der Waals surface area (Å²) in [6.45, 7) is 2.17. The molecule has 204 valence electrons. The monoisotopic (exact) mass is 561 g/mol. The highest BCUT2D eigenvalue weighted by molar-refractivity contribution is 6.33. The Kier molecular flexibility index (Phi) is 7.54. The number of amides is 2. The second-order valence-electron chi connectivity index (χ2n) is 8.79. The predicted octanol–water partition coefficient (Wildman–Crippen LogP) is 6.33. The van der Waals surface area contributed by atoms with Crippen LogP contribution in [0.3, 0.4) is 0 Å². The molecule has 0 saturated heterocycles. The Balaban J connectivity index is 1.51. The van der Waals surface area contributed by atoms with Gasteiger partial charge in [-0.1, -0.05) is 35.9 Å². The SMILES string of the molecule is CCn1c(=O)c(-c2cc(NC(=O)Nc3ccccc3)c(F)cc2Cl)cc2cnc(N[C@]3(OC)C=CC=CO3)cc21. The van der Waals surface area contributed by atoms with Gasteiger partial charge in [0.05, 0.1) is 22.5 Å². The minimum atomic E-state index is -1.25. The molecule has 1 aliphatic rings. The molecule has 1 aliphatic heterocycles. The normalized spacial score (nSPS) is 16.0. The molecular weight excluding hydrogens is 537 g/mol. The van der Waals surface area contributed by atoms with E-state index in [0.29, 0.717) is 29.0 Å². The third kappa shape index (κ3) is 5.40. The molecule has 0 unspecified atom stereocenters. The van der Waals surface area contributed by atoms with Crippen molar-refractivity contribution in [1.29, 1.82) is 0 Å². The van der Waals surface area contributed by atoms with Gasteiger partial charge in [0.25, 0.3) is 5.56 Å². The van der Waals surface area contributed by atoms with E-state index in [0.717, 1.165) is 6.07 Å². The van der Waals surface area contributed by atoms with Crippen molar-refractivity contribution >= 4 is 45.7 Å². The maximum Gasteiger partial charge on any atom is 0.323 e. The molecule has 2 amide bonds. The number of ether oxygens (including phenoxy) is 2. The first kappa shape index (κ1) is 26.9. The van der Waals surface area contributed by atoms with E-state index in [-0.39, 0.29) is 27.4 Å². The lowest BCUT2D eigenvalue weighted by Gasteiger charge is -2.30. The average molecular weight is 562 g/mol. The molecule has 5 rings (SSSR count). The van der Waals surface area contributed by atoms with E-state index in [9.17, 15) is 14.0 Å². The number of rotatable bonds is 7. The number of para-hydroxylation sites is 1. The lowest BCUT2D eigenvalue weighted by Crippen LogP contribution is -2.41. The average Bonchev–Trinajstić information content (AvgIpc) is 2.95. The van der Waals surface area contributed by atoms with Crippen LogP contribution in [-0.2, 0) is 16.0 Å². The molecule has 0 saturated carbocycles. The molecule has 0 radical (unpaired) electrons. The van der Waals surface area contributed by atoms with Crippen molar-refractivity contribution in [1.82, 2.24) is 9.55 Å². The highest BCUT2D eigenvalue weighted by atomic mass is 35.5. The summed E-state index contributed by atoms with van der Waals surface area (Å²) in [4.78, 5) is 30.6. The van der Waals surface area contributed by atoms with Crippen LogP contribution in [0.5, 0.6) is 0 Å². The van der Waals surface area contributed by atoms with Gasteiger partial charge in [0, 0.05) is 54.2 Å². The molecule has 9 nitrogen and oxygen atoms in total. The molecule has 0 spiro atoms. The van der Waals surface area contributed by atoms with Crippen LogP contribution in [-0.4, -0.2) is 28.6 Å². The zero-order valence-corrected chi connectivity index (χ0v) is 22.3. The van der Waals surface area contributed by atoms with Crippen molar-refractivity contribution in [3.05, 3.63) is 106 Å². The van der Waals surface area contributed by atoms with Crippen molar-refractivity contribution < 1.29 is 18.7 Å². The van der Waals surface area contributed by atoms with Gasteiger partial charge in [-0.15, -0.1) is 0 Å². The van der Waals surface area contributed by atoms with E-state index in [1.54, 1.807) is 65.4 Å². The fraction of sp³-hybridized carbons (Fsp3) is 0.138. The summed E-state index contributed by atoms with van der Waals surface area (Å²) in [5.74, 6) is -1.57. The predicted molar refractivity (Wildman–Crippen MR) is 154 cm³/mol. The largest absolute Gasteiger partial charge is 0.449 e. The van der Waals surface area contributed by atoms with E-state index in [4.69, 9.17) is 21.1 Å². The summed E-state index contributed by atoms with van der Waals surface area (Å²) >= 11 is 6.40. The zero-order chi connectivity index (χ0) is 28.3. The number of urea groups is 1. The van der Waals surface area contributed by atoms with Crippen molar-refractivity contribution in [2.45, 2.75) is 19.4 Å². The molecule has 0 fully saturated rings. The standard InChI is InChI=1S/C29H25ClFN5O4/c1-3-36-25-16-26(35-29(39-2)11-7-8-12-40-29)32-17-18(25)13-21(27(36)37)20-14-24(23(31)15-22(20)30)34-28(38)33-19-9-5-4-6-10-19/h4-17H,3H2,1-2H3,(H,32,35)(H2,33,34,38)/t29-/m0/s1. The molecule has 3 heterocycles. The molecule has 11 heteroatoms. The van der Waals surface area contributed by atoms with Crippen LogP contribution in [0.25, 0.3) is 22.0 Å². The van der Waals surface area contributed by atoms with E-state index in [1.165, 1.54) is 19.4 Å². The van der Waals surface area contributed by atoms with Gasteiger partial charge < -0.3 is 30.0 Å². The highest BCUT2D eigenvalue weighted by Crippen LogP contribution is 2.33. The van der Waals surface area contributed by atoms with Crippen LogP contribution >= 0.6 is 11.6 Å². The van der Waals surface area contributed by atoms with Crippen LogP contribution in [0.1, 0.15) is 6.92 Å². The first-order valence-electron chi connectivity index (χ1n) is 12.3.